The van der Waals surface area contributed by atoms with Gasteiger partial charge >= 0.3 is 0 Å². The number of fused-ring (bicyclic) bond motifs is 7. The third-order valence-corrected chi connectivity index (χ3v) is 11.5. The van der Waals surface area contributed by atoms with Gasteiger partial charge in [0, 0.05) is 0 Å². The summed E-state index contributed by atoms with van der Waals surface area (Å²) in [7, 11) is 0. The molecule has 0 fully saturated rings. The average Bonchev–Trinajstić information content (AvgIpc) is 3.50. The molecule has 0 atom stereocenters. The van der Waals surface area contributed by atoms with Gasteiger partial charge in [-0.25, -0.2) is 0 Å². The van der Waals surface area contributed by atoms with Crippen LogP contribution in [0.15, 0.2) is 170 Å². The summed E-state index contributed by atoms with van der Waals surface area (Å²) in [6, 6.07) is 63.9. The fourth-order valence-electron chi connectivity index (χ4n) is 9.41. The molecule has 0 aliphatic heterocycles. The van der Waals surface area contributed by atoms with Gasteiger partial charge in [-0.05, 0) is 138 Å². The van der Waals surface area contributed by atoms with Crippen molar-refractivity contribution in [1.29, 1.82) is 0 Å². The Hall–Kier alpha value is -6.50. The molecule has 0 spiro atoms. The first-order valence-electron chi connectivity index (χ1n) is 17.5. The lowest BCUT2D eigenvalue weighted by Crippen LogP contribution is -1.95. The summed E-state index contributed by atoms with van der Waals surface area (Å²) >= 11 is 0. The van der Waals surface area contributed by atoms with Crippen LogP contribution in [0.5, 0.6) is 0 Å². The van der Waals surface area contributed by atoms with Gasteiger partial charge in [0.2, 0.25) is 0 Å². The van der Waals surface area contributed by atoms with Crippen LogP contribution in [0.25, 0.3) is 120 Å². The van der Waals surface area contributed by atoms with Gasteiger partial charge in [0.1, 0.15) is 0 Å². The minimum Gasteiger partial charge on any atom is -0.0616 e. The van der Waals surface area contributed by atoms with Gasteiger partial charge in [-0.3, -0.25) is 0 Å². The maximum Gasteiger partial charge on any atom is -0.000696 e. The van der Waals surface area contributed by atoms with Gasteiger partial charge < -0.3 is 0 Å². The van der Waals surface area contributed by atoms with Gasteiger partial charge in [0.05, 0.1) is 0 Å². The van der Waals surface area contributed by atoms with Crippen LogP contribution in [0.4, 0.5) is 0 Å². The molecule has 1 aliphatic rings. The third-order valence-electron chi connectivity index (χ3n) is 11.5. The fourth-order valence-corrected chi connectivity index (χ4v) is 9.41. The first-order chi connectivity index (χ1) is 24.8. The molecule has 0 saturated heterocycles. The van der Waals surface area contributed by atoms with E-state index in [0.717, 1.165) is 0 Å². The van der Waals surface area contributed by atoms with E-state index < -0.39 is 0 Å². The van der Waals surface area contributed by atoms with E-state index in [4.69, 9.17) is 0 Å². The summed E-state index contributed by atoms with van der Waals surface area (Å²) in [5.41, 5.74) is 10.6. The molecular weight excluding hydrogens is 601 g/mol. The summed E-state index contributed by atoms with van der Waals surface area (Å²) < 4.78 is 0. The van der Waals surface area contributed by atoms with Crippen molar-refractivity contribution in [2.45, 2.75) is 0 Å². The minimum atomic E-state index is 1.26. The first kappa shape index (κ1) is 26.5. The summed E-state index contributed by atoms with van der Waals surface area (Å²) in [6.45, 7) is 0. The van der Waals surface area contributed by atoms with E-state index in [2.05, 4.69) is 170 Å². The zero-order valence-corrected chi connectivity index (χ0v) is 27.2. The Bertz CT molecular complexity index is 3240. The van der Waals surface area contributed by atoms with Crippen molar-refractivity contribution in [2.24, 2.45) is 0 Å². The second kappa shape index (κ2) is 9.56. The van der Waals surface area contributed by atoms with Crippen LogP contribution in [0.3, 0.4) is 0 Å². The predicted molar refractivity (Wildman–Crippen MR) is 215 cm³/mol. The molecule has 0 saturated carbocycles. The highest BCUT2D eigenvalue weighted by Crippen LogP contribution is 2.60. The number of rotatable bonds is 2. The van der Waals surface area contributed by atoms with Crippen molar-refractivity contribution in [3.63, 3.8) is 0 Å². The van der Waals surface area contributed by atoms with Gasteiger partial charge in [0.25, 0.3) is 0 Å². The van der Waals surface area contributed by atoms with Crippen molar-refractivity contribution in [3.8, 4) is 44.5 Å². The van der Waals surface area contributed by atoms with E-state index in [1.165, 1.54) is 120 Å². The standard InChI is InChI=1S/C50H28/c1-2-13-34-27-42-41(26-33(34)12-1)46(38-20-8-14-29-10-3-5-18-36(29)38)49-40-25-24-32-23-22-31-16-7-17-35-28-43(48(40)45(32)44(31)35)50(49)47(42)39-21-9-15-30-11-4-6-19-37(30)39/h1-28H. The third kappa shape index (κ3) is 3.35. The molecule has 0 heteroatoms. The quantitative estimate of drug-likeness (QED) is 0.132. The lowest BCUT2D eigenvalue weighted by Gasteiger charge is -2.22. The van der Waals surface area contributed by atoms with Crippen molar-refractivity contribution in [2.75, 3.05) is 0 Å². The van der Waals surface area contributed by atoms with Crippen LogP contribution in [-0.4, -0.2) is 0 Å². The monoisotopic (exact) mass is 628 g/mol. The molecule has 0 radical (unpaired) electrons. The fraction of sp³-hybridized carbons (Fsp3) is 0. The average molecular weight is 629 g/mol. The zero-order valence-electron chi connectivity index (χ0n) is 27.2. The first-order valence-corrected chi connectivity index (χ1v) is 17.5. The van der Waals surface area contributed by atoms with Crippen LogP contribution in [0.1, 0.15) is 0 Å². The van der Waals surface area contributed by atoms with Gasteiger partial charge in [0.15, 0.2) is 0 Å². The number of benzene rings is 11. The molecule has 12 rings (SSSR count). The minimum absolute atomic E-state index is 1.26. The van der Waals surface area contributed by atoms with Crippen LogP contribution in [0.2, 0.25) is 0 Å². The van der Waals surface area contributed by atoms with Crippen LogP contribution in [0, 0.1) is 0 Å². The maximum absolute atomic E-state index is 2.49. The molecule has 0 heterocycles. The van der Waals surface area contributed by atoms with Crippen LogP contribution >= 0.6 is 0 Å². The summed E-state index contributed by atoms with van der Waals surface area (Å²) in [6.07, 6.45) is 0. The van der Waals surface area contributed by atoms with Crippen molar-refractivity contribution in [1.82, 2.24) is 0 Å². The topological polar surface area (TPSA) is 0 Å². The number of hydrogen-bond acceptors (Lipinski definition) is 0. The molecule has 0 N–H and O–H groups in total. The molecule has 11 aromatic carbocycles. The Balaban J connectivity index is 1.40. The van der Waals surface area contributed by atoms with Gasteiger partial charge in [-0.1, -0.05) is 152 Å². The molecule has 228 valence electrons. The van der Waals surface area contributed by atoms with Crippen molar-refractivity contribution >= 4 is 75.4 Å². The molecule has 0 aromatic heterocycles. The summed E-state index contributed by atoms with van der Waals surface area (Å²) in [5, 5.41) is 18.2. The Morgan fingerprint density at radius 3 is 1.30 bits per heavy atom. The van der Waals surface area contributed by atoms with E-state index >= 15 is 0 Å². The van der Waals surface area contributed by atoms with Gasteiger partial charge in [-0.2, -0.15) is 0 Å². The van der Waals surface area contributed by atoms with Crippen LogP contribution in [-0.2, 0) is 0 Å². The molecule has 11 aromatic rings. The SMILES string of the molecule is c1ccc2cc3c(-c4cccc5ccccc45)c4c(c(-c5cccc6ccccc56)c3cc2c1)-c1ccc2ccc3cccc5cc-4c1c2c35. The second-order valence-electron chi connectivity index (χ2n) is 14.0. The van der Waals surface area contributed by atoms with Crippen LogP contribution < -0.4 is 0 Å². The zero-order chi connectivity index (χ0) is 32.5. The highest BCUT2D eigenvalue weighted by atomic mass is 14.3. The Labute approximate surface area is 288 Å². The number of hydrogen-bond donors (Lipinski definition) is 0. The maximum atomic E-state index is 2.49. The molecule has 50 heavy (non-hydrogen) atoms. The summed E-state index contributed by atoms with van der Waals surface area (Å²) in [5.74, 6) is 0. The van der Waals surface area contributed by atoms with E-state index in [-0.39, 0.29) is 0 Å². The second-order valence-corrected chi connectivity index (χ2v) is 14.0. The highest BCUT2D eigenvalue weighted by Gasteiger charge is 2.33. The van der Waals surface area contributed by atoms with E-state index in [1.54, 1.807) is 0 Å². The molecule has 0 bridgehead atoms. The molecule has 1 aliphatic carbocycles. The molecular formula is C50H28. The van der Waals surface area contributed by atoms with Crippen molar-refractivity contribution in [3.05, 3.63) is 170 Å². The lowest BCUT2D eigenvalue weighted by molar-refractivity contribution is 1.66. The van der Waals surface area contributed by atoms with E-state index in [0.29, 0.717) is 0 Å². The molecule has 0 unspecified atom stereocenters. The Kier molecular flexibility index (Phi) is 5.06. The predicted octanol–water partition coefficient (Wildman–Crippen LogP) is 14.2. The largest absolute Gasteiger partial charge is 0.0616 e. The van der Waals surface area contributed by atoms with E-state index in [1.807, 2.05) is 0 Å². The smallest absolute Gasteiger partial charge is 0.000696 e. The van der Waals surface area contributed by atoms with E-state index in [9.17, 15) is 0 Å². The Morgan fingerprint density at radius 1 is 0.200 bits per heavy atom. The molecule has 0 amide bonds. The Morgan fingerprint density at radius 2 is 0.660 bits per heavy atom. The van der Waals surface area contributed by atoms with Gasteiger partial charge in [-0.15, -0.1) is 0 Å². The lowest BCUT2D eigenvalue weighted by atomic mass is 9.80. The van der Waals surface area contributed by atoms with Crippen molar-refractivity contribution < 1.29 is 0 Å². The summed E-state index contributed by atoms with van der Waals surface area (Å²) in [4.78, 5) is 0. The highest BCUT2D eigenvalue weighted by molar-refractivity contribution is 6.37. The normalized spacial score (nSPS) is 12.4. The molecule has 0 nitrogen and oxygen atoms in total.